The average Bonchev–Trinajstić information content (AvgIpc) is 2.89. The Morgan fingerprint density at radius 3 is 2.89 bits per heavy atom. The molecule has 0 spiro atoms. The molecule has 2 rings (SSSR count). The number of nitrogens with one attached hydrogen (secondary N) is 1. The maximum absolute atomic E-state index is 3.71. The van der Waals surface area contributed by atoms with Crippen LogP contribution in [0.3, 0.4) is 0 Å². The summed E-state index contributed by atoms with van der Waals surface area (Å²) in [4.78, 5) is 2.42. The molecule has 1 N–H and O–H groups in total. The fourth-order valence-electron chi connectivity index (χ4n) is 2.74. The Balaban J connectivity index is 1.52. The molecule has 0 aromatic carbocycles. The van der Waals surface area contributed by atoms with Crippen molar-refractivity contribution in [2.45, 2.75) is 51.1 Å². The van der Waals surface area contributed by atoms with Gasteiger partial charge in [-0.15, -0.1) is 0 Å². The molecule has 1 aromatic rings. The number of hydrogen-bond donors (Lipinski definition) is 1. The highest BCUT2D eigenvalue weighted by molar-refractivity contribution is 7.07. The van der Waals surface area contributed by atoms with Crippen molar-refractivity contribution in [2.75, 3.05) is 20.1 Å². The molecule has 1 heterocycles. The largest absolute Gasteiger partial charge is 0.314 e. The Morgan fingerprint density at radius 2 is 2.17 bits per heavy atom. The van der Waals surface area contributed by atoms with Crippen molar-refractivity contribution in [1.82, 2.24) is 10.2 Å². The Hall–Kier alpha value is -0.380. The minimum atomic E-state index is 0.806. The first kappa shape index (κ1) is 14.0. The van der Waals surface area contributed by atoms with Crippen LogP contribution < -0.4 is 5.32 Å². The van der Waals surface area contributed by atoms with Crippen LogP contribution in [-0.2, 0) is 6.54 Å². The van der Waals surface area contributed by atoms with Crippen LogP contribution in [0.4, 0.5) is 0 Å². The zero-order valence-electron chi connectivity index (χ0n) is 11.5. The molecule has 0 unspecified atom stereocenters. The smallest absolute Gasteiger partial charge is 0.0238 e. The summed E-state index contributed by atoms with van der Waals surface area (Å²) in [6.07, 6.45) is 8.35. The summed E-state index contributed by atoms with van der Waals surface area (Å²) < 4.78 is 0. The molecule has 0 bridgehead atoms. The number of nitrogens with zero attached hydrogens (tertiary/aromatic N) is 1. The second kappa shape index (κ2) is 7.93. The number of thiophene rings is 1. The lowest BCUT2D eigenvalue weighted by molar-refractivity contribution is 0.308. The molecule has 1 aliphatic carbocycles. The van der Waals surface area contributed by atoms with Gasteiger partial charge in [-0.1, -0.05) is 19.3 Å². The SMILES string of the molecule is CN(CCCNC1CCCCC1)Cc1ccsc1. The van der Waals surface area contributed by atoms with Gasteiger partial charge < -0.3 is 10.2 Å². The maximum atomic E-state index is 3.71. The quantitative estimate of drug-likeness (QED) is 0.760. The van der Waals surface area contributed by atoms with Gasteiger partial charge >= 0.3 is 0 Å². The standard InChI is InChI=1S/C15H26N2S/c1-17(12-14-8-11-18-13-14)10-5-9-16-15-6-3-2-4-7-15/h8,11,13,15-16H,2-7,9-10,12H2,1H3. The van der Waals surface area contributed by atoms with E-state index in [1.54, 1.807) is 11.3 Å². The van der Waals surface area contributed by atoms with Crippen LogP contribution in [0.1, 0.15) is 44.1 Å². The lowest BCUT2D eigenvalue weighted by Crippen LogP contribution is -2.33. The molecule has 1 fully saturated rings. The van der Waals surface area contributed by atoms with Gasteiger partial charge in [0, 0.05) is 12.6 Å². The molecule has 3 heteroatoms. The van der Waals surface area contributed by atoms with Gasteiger partial charge in [0.25, 0.3) is 0 Å². The Morgan fingerprint density at radius 1 is 1.33 bits per heavy atom. The molecule has 0 atom stereocenters. The number of rotatable bonds is 7. The summed E-state index contributed by atoms with van der Waals surface area (Å²) in [5.41, 5.74) is 1.45. The predicted octanol–water partition coefficient (Wildman–Crippen LogP) is 3.49. The molecule has 0 amide bonds. The molecule has 0 radical (unpaired) electrons. The summed E-state index contributed by atoms with van der Waals surface area (Å²) in [6.45, 7) is 3.46. The van der Waals surface area contributed by atoms with Gasteiger partial charge in [-0.05, 0) is 61.8 Å². The van der Waals surface area contributed by atoms with E-state index in [1.165, 1.54) is 57.2 Å². The minimum Gasteiger partial charge on any atom is -0.314 e. The van der Waals surface area contributed by atoms with Crippen LogP contribution in [0, 0.1) is 0 Å². The number of hydrogen-bond acceptors (Lipinski definition) is 3. The first-order valence-electron chi connectivity index (χ1n) is 7.27. The third kappa shape index (κ3) is 5.09. The lowest BCUT2D eigenvalue weighted by Gasteiger charge is -2.23. The third-order valence-corrected chi connectivity index (χ3v) is 4.52. The molecule has 2 nitrogen and oxygen atoms in total. The van der Waals surface area contributed by atoms with Crippen LogP contribution >= 0.6 is 11.3 Å². The molecule has 0 aliphatic heterocycles. The molecule has 1 saturated carbocycles. The van der Waals surface area contributed by atoms with Crippen LogP contribution in [0.25, 0.3) is 0 Å². The Kier molecular flexibility index (Phi) is 6.18. The van der Waals surface area contributed by atoms with E-state index in [2.05, 4.69) is 34.1 Å². The highest BCUT2D eigenvalue weighted by Gasteiger charge is 2.11. The van der Waals surface area contributed by atoms with Crippen LogP contribution in [0.15, 0.2) is 16.8 Å². The molecular weight excluding hydrogens is 240 g/mol. The van der Waals surface area contributed by atoms with Gasteiger partial charge in [0.05, 0.1) is 0 Å². The fourth-order valence-corrected chi connectivity index (χ4v) is 3.40. The Bertz CT molecular complexity index is 304. The topological polar surface area (TPSA) is 15.3 Å². The van der Waals surface area contributed by atoms with E-state index in [0.717, 1.165) is 12.6 Å². The van der Waals surface area contributed by atoms with Crippen LogP contribution in [-0.4, -0.2) is 31.1 Å². The summed E-state index contributed by atoms with van der Waals surface area (Å²) >= 11 is 1.79. The van der Waals surface area contributed by atoms with Gasteiger partial charge in [-0.25, -0.2) is 0 Å². The molecule has 0 saturated heterocycles. The normalized spacial score (nSPS) is 17.4. The zero-order valence-corrected chi connectivity index (χ0v) is 12.3. The average molecular weight is 266 g/mol. The molecule has 102 valence electrons. The van der Waals surface area contributed by atoms with Gasteiger partial charge in [-0.2, -0.15) is 11.3 Å². The van der Waals surface area contributed by atoms with Crippen molar-refractivity contribution < 1.29 is 0 Å². The highest BCUT2D eigenvalue weighted by Crippen LogP contribution is 2.17. The fraction of sp³-hybridized carbons (Fsp3) is 0.733. The maximum Gasteiger partial charge on any atom is 0.0238 e. The van der Waals surface area contributed by atoms with Crippen LogP contribution in [0.5, 0.6) is 0 Å². The molecule has 1 aromatic heterocycles. The predicted molar refractivity (Wildman–Crippen MR) is 80.1 cm³/mol. The van der Waals surface area contributed by atoms with E-state index in [9.17, 15) is 0 Å². The van der Waals surface area contributed by atoms with E-state index in [4.69, 9.17) is 0 Å². The highest BCUT2D eigenvalue weighted by atomic mass is 32.1. The summed E-state index contributed by atoms with van der Waals surface area (Å²) in [5, 5.41) is 8.12. The lowest BCUT2D eigenvalue weighted by atomic mass is 9.95. The van der Waals surface area contributed by atoms with E-state index in [0.29, 0.717) is 0 Å². The van der Waals surface area contributed by atoms with Crippen molar-refractivity contribution in [3.63, 3.8) is 0 Å². The van der Waals surface area contributed by atoms with Gasteiger partial charge in [0.2, 0.25) is 0 Å². The van der Waals surface area contributed by atoms with E-state index in [-0.39, 0.29) is 0 Å². The van der Waals surface area contributed by atoms with E-state index < -0.39 is 0 Å². The third-order valence-electron chi connectivity index (χ3n) is 3.79. The van der Waals surface area contributed by atoms with Crippen LogP contribution in [0.2, 0.25) is 0 Å². The second-order valence-electron chi connectivity index (χ2n) is 5.51. The summed E-state index contributed by atoms with van der Waals surface area (Å²) in [6, 6.07) is 3.03. The van der Waals surface area contributed by atoms with Gasteiger partial charge in [0.15, 0.2) is 0 Å². The summed E-state index contributed by atoms with van der Waals surface area (Å²) in [7, 11) is 2.22. The Labute approximate surface area is 115 Å². The van der Waals surface area contributed by atoms with Gasteiger partial charge in [-0.3, -0.25) is 0 Å². The second-order valence-corrected chi connectivity index (χ2v) is 6.29. The molecule has 18 heavy (non-hydrogen) atoms. The minimum absolute atomic E-state index is 0.806. The van der Waals surface area contributed by atoms with Crippen molar-refractivity contribution >= 4 is 11.3 Å². The molecular formula is C15H26N2S. The van der Waals surface area contributed by atoms with Crippen molar-refractivity contribution in [3.05, 3.63) is 22.4 Å². The van der Waals surface area contributed by atoms with Crippen molar-refractivity contribution in [3.8, 4) is 0 Å². The van der Waals surface area contributed by atoms with E-state index >= 15 is 0 Å². The van der Waals surface area contributed by atoms with Crippen molar-refractivity contribution in [1.29, 1.82) is 0 Å². The first-order chi connectivity index (χ1) is 8.84. The van der Waals surface area contributed by atoms with Gasteiger partial charge in [0.1, 0.15) is 0 Å². The van der Waals surface area contributed by atoms with E-state index in [1.807, 2.05) is 0 Å². The first-order valence-corrected chi connectivity index (χ1v) is 8.22. The summed E-state index contributed by atoms with van der Waals surface area (Å²) in [5.74, 6) is 0. The zero-order chi connectivity index (χ0) is 12.6. The van der Waals surface area contributed by atoms with Crippen molar-refractivity contribution in [2.24, 2.45) is 0 Å². The monoisotopic (exact) mass is 266 g/mol. The molecule has 1 aliphatic rings.